The van der Waals surface area contributed by atoms with Gasteiger partial charge in [-0.05, 0) is 18.8 Å². The molecule has 4 heteroatoms. The van der Waals surface area contributed by atoms with Crippen molar-refractivity contribution in [2.45, 2.75) is 38.1 Å². The van der Waals surface area contributed by atoms with Crippen LogP contribution < -0.4 is 11.1 Å². The van der Waals surface area contributed by atoms with E-state index in [1.165, 1.54) is 32.1 Å². The number of hydrogen-bond donors (Lipinski definition) is 1. The average molecular weight is 210 g/mol. The lowest BCUT2D eigenvalue weighted by Crippen LogP contribution is -2.56. The second-order valence-corrected chi connectivity index (χ2v) is 4.67. The van der Waals surface area contributed by atoms with E-state index in [2.05, 4.69) is 5.32 Å². The first-order valence-electron chi connectivity index (χ1n) is 6.02. The van der Waals surface area contributed by atoms with Gasteiger partial charge in [-0.2, -0.15) is 0 Å². The van der Waals surface area contributed by atoms with Crippen molar-refractivity contribution in [2.24, 2.45) is 5.92 Å². The predicted molar refractivity (Wildman–Crippen MR) is 58.4 cm³/mol. The van der Waals surface area contributed by atoms with Crippen LogP contribution in [0, 0.1) is 5.92 Å². The molecule has 2 fully saturated rings. The van der Waals surface area contributed by atoms with Gasteiger partial charge in [0, 0.05) is 25.7 Å². The molecule has 1 aliphatic heterocycles. The van der Waals surface area contributed by atoms with Gasteiger partial charge in [0.1, 0.15) is 0 Å². The Morgan fingerprint density at radius 3 is 2.67 bits per heavy atom. The molecule has 2 N–H and O–H groups in total. The van der Waals surface area contributed by atoms with Crippen molar-refractivity contribution in [1.29, 1.82) is 0 Å². The SMILES string of the molecule is [NH]C(=O)N1CCNCC1C1CCCCC1. The van der Waals surface area contributed by atoms with Gasteiger partial charge in [0.05, 0.1) is 0 Å². The minimum Gasteiger partial charge on any atom is -0.318 e. The average Bonchev–Trinajstić information content (AvgIpc) is 2.30. The first-order chi connectivity index (χ1) is 7.29. The Kier molecular flexibility index (Phi) is 3.46. The fourth-order valence-electron chi connectivity index (χ4n) is 2.92. The zero-order valence-electron chi connectivity index (χ0n) is 9.17. The molecule has 2 rings (SSSR count). The van der Waals surface area contributed by atoms with Crippen molar-refractivity contribution < 1.29 is 4.79 Å². The summed E-state index contributed by atoms with van der Waals surface area (Å²) in [4.78, 5) is 13.0. The summed E-state index contributed by atoms with van der Waals surface area (Å²) in [5, 5.41) is 3.34. The molecular weight excluding hydrogens is 190 g/mol. The van der Waals surface area contributed by atoms with Crippen molar-refractivity contribution >= 4 is 6.03 Å². The minimum atomic E-state index is -0.493. The third-order valence-electron chi connectivity index (χ3n) is 3.74. The summed E-state index contributed by atoms with van der Waals surface area (Å²) in [5.74, 6) is 0.626. The molecule has 0 aromatic carbocycles. The number of rotatable bonds is 1. The lowest BCUT2D eigenvalue weighted by molar-refractivity contribution is 0.116. The fraction of sp³-hybridized carbons (Fsp3) is 0.909. The van der Waals surface area contributed by atoms with Crippen LogP contribution >= 0.6 is 0 Å². The Morgan fingerprint density at radius 2 is 2.00 bits per heavy atom. The standard InChI is InChI=1S/C11H20N3O/c12-11(15)14-7-6-13-8-10(14)9-4-2-1-3-5-9/h9-10,12-13H,1-8H2. The van der Waals surface area contributed by atoms with Crippen LogP contribution in [-0.2, 0) is 0 Å². The van der Waals surface area contributed by atoms with Crippen molar-refractivity contribution in [3.63, 3.8) is 0 Å². The lowest BCUT2D eigenvalue weighted by Gasteiger charge is -2.41. The highest BCUT2D eigenvalue weighted by atomic mass is 16.2. The number of amides is 2. The van der Waals surface area contributed by atoms with Crippen LogP contribution in [0.1, 0.15) is 32.1 Å². The second-order valence-electron chi connectivity index (χ2n) is 4.67. The summed E-state index contributed by atoms with van der Waals surface area (Å²) in [7, 11) is 0. The number of carbonyl (C=O) groups excluding carboxylic acids is 1. The van der Waals surface area contributed by atoms with Gasteiger partial charge in [-0.25, -0.2) is 10.5 Å². The summed E-state index contributed by atoms with van der Waals surface area (Å²) in [5.41, 5.74) is 7.28. The summed E-state index contributed by atoms with van der Waals surface area (Å²) in [6, 6.07) is -0.212. The molecule has 0 spiro atoms. The number of nitrogens with zero attached hydrogens (tertiary/aromatic N) is 1. The molecule has 1 unspecified atom stereocenters. The monoisotopic (exact) mass is 210 g/mol. The highest BCUT2D eigenvalue weighted by Crippen LogP contribution is 2.29. The number of piperazine rings is 1. The maximum Gasteiger partial charge on any atom is 0.336 e. The normalized spacial score (nSPS) is 29.1. The van der Waals surface area contributed by atoms with Gasteiger partial charge in [-0.15, -0.1) is 0 Å². The number of urea groups is 1. The van der Waals surface area contributed by atoms with Gasteiger partial charge < -0.3 is 10.2 Å². The Bertz CT molecular complexity index is 226. The fourth-order valence-corrected chi connectivity index (χ4v) is 2.92. The zero-order chi connectivity index (χ0) is 10.7. The first-order valence-corrected chi connectivity index (χ1v) is 6.02. The Morgan fingerprint density at radius 1 is 1.27 bits per heavy atom. The summed E-state index contributed by atoms with van der Waals surface area (Å²) in [6.07, 6.45) is 6.39. The molecule has 0 aromatic heterocycles. The van der Waals surface area contributed by atoms with Crippen molar-refractivity contribution in [2.75, 3.05) is 19.6 Å². The van der Waals surface area contributed by atoms with Crippen molar-refractivity contribution in [3.8, 4) is 0 Å². The molecule has 2 aliphatic rings. The highest BCUT2D eigenvalue weighted by molar-refractivity contribution is 5.71. The van der Waals surface area contributed by atoms with Crippen molar-refractivity contribution in [3.05, 3.63) is 0 Å². The molecule has 1 radical (unpaired) electrons. The van der Waals surface area contributed by atoms with Crippen LogP contribution in [0.15, 0.2) is 0 Å². The van der Waals surface area contributed by atoms with E-state index in [1.54, 1.807) is 4.90 Å². The summed E-state index contributed by atoms with van der Waals surface area (Å²) in [6.45, 7) is 2.44. The minimum absolute atomic E-state index is 0.282. The van der Waals surface area contributed by atoms with Gasteiger partial charge in [0.25, 0.3) is 0 Å². The highest BCUT2D eigenvalue weighted by Gasteiger charge is 2.32. The van der Waals surface area contributed by atoms with Crippen LogP contribution in [-0.4, -0.2) is 36.6 Å². The van der Waals surface area contributed by atoms with E-state index in [9.17, 15) is 4.79 Å². The van der Waals surface area contributed by atoms with Gasteiger partial charge in [-0.1, -0.05) is 19.3 Å². The quantitative estimate of drug-likeness (QED) is 0.708. The smallest absolute Gasteiger partial charge is 0.318 e. The lowest BCUT2D eigenvalue weighted by atomic mass is 9.82. The molecule has 4 nitrogen and oxygen atoms in total. The molecule has 0 bridgehead atoms. The Balaban J connectivity index is 1.99. The zero-order valence-corrected chi connectivity index (χ0v) is 9.17. The Hall–Kier alpha value is -0.770. The van der Waals surface area contributed by atoms with Gasteiger partial charge in [-0.3, -0.25) is 0 Å². The number of carbonyl (C=O) groups is 1. The number of nitrogens with one attached hydrogen (secondary N) is 2. The molecule has 85 valence electrons. The Labute approximate surface area is 91.2 Å². The molecule has 1 atom stereocenters. The van der Waals surface area contributed by atoms with Crippen LogP contribution in [0.4, 0.5) is 4.79 Å². The topological polar surface area (TPSA) is 56.1 Å². The molecule has 0 aromatic rings. The third kappa shape index (κ3) is 2.43. The summed E-state index contributed by atoms with van der Waals surface area (Å²) < 4.78 is 0. The molecule has 2 amide bonds. The molecule has 1 heterocycles. The molecule has 1 saturated heterocycles. The van der Waals surface area contributed by atoms with E-state index in [0.717, 1.165) is 13.1 Å². The van der Waals surface area contributed by atoms with E-state index in [0.29, 0.717) is 12.5 Å². The molecule has 15 heavy (non-hydrogen) atoms. The van der Waals surface area contributed by atoms with Gasteiger partial charge >= 0.3 is 6.03 Å². The second kappa shape index (κ2) is 4.84. The van der Waals surface area contributed by atoms with E-state index in [4.69, 9.17) is 5.73 Å². The van der Waals surface area contributed by atoms with Gasteiger partial charge in [0.2, 0.25) is 0 Å². The molecular formula is C11H20N3O. The third-order valence-corrected chi connectivity index (χ3v) is 3.74. The van der Waals surface area contributed by atoms with E-state index in [-0.39, 0.29) is 6.04 Å². The first kappa shape index (κ1) is 10.7. The van der Waals surface area contributed by atoms with E-state index in [1.807, 2.05) is 0 Å². The summed E-state index contributed by atoms with van der Waals surface area (Å²) >= 11 is 0. The predicted octanol–water partition coefficient (Wildman–Crippen LogP) is 1.24. The molecule has 1 saturated carbocycles. The maximum absolute atomic E-state index is 11.2. The van der Waals surface area contributed by atoms with Crippen LogP contribution in [0.2, 0.25) is 0 Å². The van der Waals surface area contributed by atoms with Crippen LogP contribution in [0.25, 0.3) is 0 Å². The maximum atomic E-state index is 11.2. The number of hydrogen-bond acceptors (Lipinski definition) is 2. The van der Waals surface area contributed by atoms with Gasteiger partial charge in [0.15, 0.2) is 0 Å². The van der Waals surface area contributed by atoms with Crippen molar-refractivity contribution in [1.82, 2.24) is 16.0 Å². The molecule has 1 aliphatic carbocycles. The van der Waals surface area contributed by atoms with E-state index < -0.39 is 6.03 Å². The largest absolute Gasteiger partial charge is 0.336 e. The van der Waals surface area contributed by atoms with Crippen LogP contribution in [0.5, 0.6) is 0 Å². The van der Waals surface area contributed by atoms with E-state index >= 15 is 0 Å². The van der Waals surface area contributed by atoms with Crippen LogP contribution in [0.3, 0.4) is 0 Å².